The summed E-state index contributed by atoms with van der Waals surface area (Å²) >= 11 is 5.90. The van der Waals surface area contributed by atoms with Crippen LogP contribution in [-0.2, 0) is 18.9 Å². The van der Waals surface area contributed by atoms with E-state index < -0.39 is 23.1 Å². The second-order valence-electron chi connectivity index (χ2n) is 4.34. The van der Waals surface area contributed by atoms with E-state index in [1.165, 1.54) is 21.0 Å². The fourth-order valence-electron chi connectivity index (χ4n) is 1.75. The summed E-state index contributed by atoms with van der Waals surface area (Å²) in [6.07, 6.45) is 0. The second kappa shape index (κ2) is 4.71. The van der Waals surface area contributed by atoms with E-state index in [0.717, 1.165) is 9.13 Å². The molecule has 0 fully saturated rings. The molecule has 106 valence electrons. The van der Waals surface area contributed by atoms with Crippen LogP contribution in [0.25, 0.3) is 11.2 Å². The Labute approximate surface area is 117 Å². The molecule has 0 aliphatic heterocycles. The Bertz CT molecular complexity index is 839. The number of carbonyl (C=O) groups is 1. The lowest BCUT2D eigenvalue weighted by Gasteiger charge is -2.11. The van der Waals surface area contributed by atoms with E-state index in [2.05, 4.69) is 9.97 Å². The van der Waals surface area contributed by atoms with E-state index in [9.17, 15) is 14.4 Å². The smallest absolute Gasteiger partial charge is 0.332 e. The molecule has 0 bridgehead atoms. The van der Waals surface area contributed by atoms with Crippen molar-refractivity contribution in [3.05, 3.63) is 31.7 Å². The molecule has 0 aromatic carbocycles. The molecule has 0 spiro atoms. The van der Waals surface area contributed by atoms with Gasteiger partial charge in [-0.3, -0.25) is 18.7 Å². The maximum atomic E-state index is 12.0. The first-order valence-corrected chi connectivity index (χ1v) is 5.99. The average Bonchev–Trinajstić information content (AvgIpc) is 2.41. The predicted molar refractivity (Wildman–Crippen MR) is 71.1 cm³/mol. The number of halogens is 1. The van der Waals surface area contributed by atoms with E-state index in [1.807, 2.05) is 0 Å². The van der Waals surface area contributed by atoms with Gasteiger partial charge in [0.25, 0.3) is 5.56 Å². The van der Waals surface area contributed by atoms with Gasteiger partial charge in [0.1, 0.15) is 0 Å². The normalized spacial score (nSPS) is 12.6. The van der Waals surface area contributed by atoms with Gasteiger partial charge in [-0.2, -0.15) is 0 Å². The van der Waals surface area contributed by atoms with Crippen molar-refractivity contribution in [2.24, 2.45) is 14.1 Å². The van der Waals surface area contributed by atoms with Gasteiger partial charge in [-0.05, 0) is 6.92 Å². The summed E-state index contributed by atoms with van der Waals surface area (Å²) < 4.78 is 2.00. The minimum atomic E-state index is -1.14. The molecule has 2 rings (SSSR count). The van der Waals surface area contributed by atoms with E-state index in [4.69, 9.17) is 16.7 Å². The zero-order chi connectivity index (χ0) is 15.2. The van der Waals surface area contributed by atoms with Crippen LogP contribution in [0.3, 0.4) is 0 Å². The molecule has 2 aromatic heterocycles. The summed E-state index contributed by atoms with van der Waals surface area (Å²) in [6.45, 7) is 1.39. The highest BCUT2D eigenvalue weighted by molar-refractivity contribution is 6.30. The van der Waals surface area contributed by atoms with Crippen molar-refractivity contribution >= 4 is 28.7 Å². The first kappa shape index (κ1) is 14.2. The van der Waals surface area contributed by atoms with Crippen molar-refractivity contribution in [3.8, 4) is 0 Å². The molecular weight excluding hydrogens is 288 g/mol. The molecule has 2 heterocycles. The molecule has 8 nitrogen and oxygen atoms in total. The Morgan fingerprint density at radius 2 is 1.85 bits per heavy atom. The highest BCUT2D eigenvalue weighted by atomic mass is 35.5. The monoisotopic (exact) mass is 298 g/mol. The zero-order valence-corrected chi connectivity index (χ0v) is 11.7. The Hall–Kier alpha value is -2.22. The number of fused-ring (bicyclic) bond motifs is 1. The highest BCUT2D eigenvalue weighted by Gasteiger charge is 2.22. The second-order valence-corrected chi connectivity index (χ2v) is 4.70. The standard InChI is InChI=1S/C11H11ClN4O4/c1-4(10(18)19)5-7(12)14-8-6(13-5)9(17)16(3)11(20)15(8)2/h4H,1-3H3,(H,18,19). The SMILES string of the molecule is CC(C(=O)O)c1nc2c(=O)n(C)c(=O)n(C)c2nc1Cl. The molecule has 0 saturated heterocycles. The van der Waals surface area contributed by atoms with Gasteiger partial charge in [-0.25, -0.2) is 14.8 Å². The number of hydrogen-bond acceptors (Lipinski definition) is 5. The molecule has 2 aromatic rings. The molecule has 0 amide bonds. The summed E-state index contributed by atoms with van der Waals surface area (Å²) in [4.78, 5) is 42.7. The fraction of sp³-hybridized carbons (Fsp3) is 0.364. The molecule has 1 atom stereocenters. The van der Waals surface area contributed by atoms with Crippen LogP contribution in [0, 0.1) is 0 Å². The van der Waals surface area contributed by atoms with Crippen LogP contribution in [0.5, 0.6) is 0 Å². The van der Waals surface area contributed by atoms with E-state index in [1.54, 1.807) is 0 Å². The quantitative estimate of drug-likeness (QED) is 0.827. The van der Waals surface area contributed by atoms with E-state index in [-0.39, 0.29) is 22.0 Å². The Balaban J connectivity index is 2.94. The summed E-state index contributed by atoms with van der Waals surface area (Å²) in [5, 5.41) is 8.85. The number of carboxylic acid groups (broad SMARTS) is 1. The van der Waals surface area contributed by atoms with Crippen molar-refractivity contribution in [2.75, 3.05) is 0 Å². The highest BCUT2D eigenvalue weighted by Crippen LogP contribution is 2.22. The van der Waals surface area contributed by atoms with E-state index in [0.29, 0.717) is 0 Å². The number of hydrogen-bond donors (Lipinski definition) is 1. The van der Waals surface area contributed by atoms with Crippen LogP contribution >= 0.6 is 11.6 Å². The van der Waals surface area contributed by atoms with Crippen LogP contribution in [0.2, 0.25) is 5.15 Å². The molecule has 0 radical (unpaired) electrons. The van der Waals surface area contributed by atoms with Crippen LogP contribution in [0.15, 0.2) is 9.59 Å². The summed E-state index contributed by atoms with van der Waals surface area (Å²) in [5.41, 5.74) is -1.30. The maximum Gasteiger partial charge on any atom is 0.332 e. The van der Waals surface area contributed by atoms with Crippen molar-refractivity contribution in [3.63, 3.8) is 0 Å². The average molecular weight is 299 g/mol. The van der Waals surface area contributed by atoms with Gasteiger partial charge < -0.3 is 5.11 Å². The predicted octanol–water partition coefficient (Wildman–Crippen LogP) is -0.131. The third kappa shape index (κ3) is 1.97. The molecule has 1 N–H and O–H groups in total. The lowest BCUT2D eigenvalue weighted by Crippen LogP contribution is -2.38. The number of aryl methyl sites for hydroxylation is 1. The zero-order valence-electron chi connectivity index (χ0n) is 10.9. The Morgan fingerprint density at radius 1 is 1.25 bits per heavy atom. The largest absolute Gasteiger partial charge is 0.481 e. The van der Waals surface area contributed by atoms with Crippen molar-refractivity contribution < 1.29 is 9.90 Å². The number of aliphatic carboxylic acids is 1. The maximum absolute atomic E-state index is 12.0. The molecule has 1 unspecified atom stereocenters. The fourth-order valence-corrected chi connectivity index (χ4v) is 2.04. The first-order chi connectivity index (χ1) is 9.25. The van der Waals surface area contributed by atoms with Gasteiger partial charge in [0, 0.05) is 14.1 Å². The number of nitrogens with zero attached hydrogens (tertiary/aromatic N) is 4. The van der Waals surface area contributed by atoms with Gasteiger partial charge in [0.2, 0.25) is 0 Å². The summed E-state index contributed by atoms with van der Waals surface area (Å²) in [5.74, 6) is -2.15. The van der Waals surface area contributed by atoms with Gasteiger partial charge in [-0.15, -0.1) is 0 Å². The molecule has 9 heteroatoms. The van der Waals surface area contributed by atoms with Crippen LogP contribution in [0.4, 0.5) is 0 Å². The lowest BCUT2D eigenvalue weighted by molar-refractivity contribution is -0.138. The van der Waals surface area contributed by atoms with E-state index >= 15 is 0 Å². The van der Waals surface area contributed by atoms with Crippen molar-refractivity contribution in [2.45, 2.75) is 12.8 Å². The number of aromatic nitrogens is 4. The number of rotatable bonds is 2. The summed E-state index contributed by atoms with van der Waals surface area (Å²) in [7, 11) is 2.73. The van der Waals surface area contributed by atoms with Crippen LogP contribution < -0.4 is 11.2 Å². The minimum Gasteiger partial charge on any atom is -0.481 e. The van der Waals surface area contributed by atoms with Crippen molar-refractivity contribution in [1.82, 2.24) is 19.1 Å². The first-order valence-electron chi connectivity index (χ1n) is 5.61. The molecule has 20 heavy (non-hydrogen) atoms. The Kier molecular flexibility index (Phi) is 3.34. The van der Waals surface area contributed by atoms with Crippen LogP contribution in [0.1, 0.15) is 18.5 Å². The van der Waals surface area contributed by atoms with Gasteiger partial charge >= 0.3 is 11.7 Å². The Morgan fingerprint density at radius 3 is 2.40 bits per heavy atom. The minimum absolute atomic E-state index is 0.0117. The lowest BCUT2D eigenvalue weighted by atomic mass is 10.1. The van der Waals surface area contributed by atoms with Gasteiger partial charge in [0.15, 0.2) is 16.3 Å². The van der Waals surface area contributed by atoms with Crippen molar-refractivity contribution in [1.29, 1.82) is 0 Å². The topological polar surface area (TPSA) is 107 Å². The van der Waals surface area contributed by atoms with Crippen LogP contribution in [-0.4, -0.2) is 30.2 Å². The molecule has 0 aliphatic rings. The molecule has 0 aliphatic carbocycles. The summed E-state index contributed by atoms with van der Waals surface area (Å²) in [6, 6.07) is 0. The van der Waals surface area contributed by atoms with Gasteiger partial charge in [-0.1, -0.05) is 11.6 Å². The molecule has 0 saturated carbocycles. The third-order valence-electron chi connectivity index (χ3n) is 3.04. The third-order valence-corrected chi connectivity index (χ3v) is 3.32. The molecular formula is C11H11ClN4O4. The number of carboxylic acids is 1. The van der Waals surface area contributed by atoms with Gasteiger partial charge in [0.05, 0.1) is 11.6 Å².